The summed E-state index contributed by atoms with van der Waals surface area (Å²) in [5.41, 5.74) is -0.543. The molecule has 3 saturated heterocycles. The number of aryl methyl sites for hydroxylation is 1. The minimum absolute atomic E-state index is 0.00565. The molecule has 294 valence electrons. The van der Waals surface area contributed by atoms with Crippen molar-refractivity contribution in [2.24, 2.45) is 10.8 Å². The highest BCUT2D eigenvalue weighted by atomic mass is 19.1. The molecule has 13 heteroatoms. The molecule has 0 radical (unpaired) electrons. The number of piperidine rings is 1. The van der Waals surface area contributed by atoms with Crippen molar-refractivity contribution >= 4 is 27.5 Å². The smallest absolute Gasteiger partial charge is 0.319 e. The predicted molar refractivity (Wildman–Crippen MR) is 203 cm³/mol. The van der Waals surface area contributed by atoms with Crippen LogP contribution < -0.4 is 9.64 Å². The fraction of sp³-hybridized carbons (Fsp3) is 0.595. The lowest BCUT2D eigenvalue weighted by atomic mass is 9.63. The zero-order valence-corrected chi connectivity index (χ0v) is 31.7. The lowest BCUT2D eigenvalue weighted by Crippen LogP contribution is -2.60. The quantitative estimate of drug-likeness (QED) is 0.198. The number of ether oxygens (including phenoxy) is 3. The molecule has 0 amide bonds. The summed E-state index contributed by atoms with van der Waals surface area (Å²) in [7, 11) is 0. The van der Waals surface area contributed by atoms with Gasteiger partial charge < -0.3 is 34.4 Å². The second-order valence-electron chi connectivity index (χ2n) is 17.2. The van der Waals surface area contributed by atoms with Crippen molar-refractivity contribution in [2.75, 3.05) is 57.6 Å². The average molecular weight is 760 g/mol. The van der Waals surface area contributed by atoms with Crippen LogP contribution in [0.1, 0.15) is 70.8 Å². The molecular weight excluding hydrogens is 708 g/mol. The molecule has 5 heterocycles. The van der Waals surface area contributed by atoms with Gasteiger partial charge in [0.2, 0.25) is 0 Å². The third kappa shape index (κ3) is 6.49. The van der Waals surface area contributed by atoms with Crippen molar-refractivity contribution in [3.8, 4) is 23.0 Å². The summed E-state index contributed by atoms with van der Waals surface area (Å²) in [6.07, 6.45) is 10.1. The summed E-state index contributed by atoms with van der Waals surface area (Å²) in [5.74, 6) is -0.997. The van der Waals surface area contributed by atoms with Gasteiger partial charge in [-0.1, -0.05) is 19.4 Å². The first-order valence-electron chi connectivity index (χ1n) is 20.0. The number of nitrogens with zero attached hydrogens (tertiary/aromatic N) is 5. The van der Waals surface area contributed by atoms with Crippen molar-refractivity contribution in [1.29, 1.82) is 0 Å². The van der Waals surface area contributed by atoms with Gasteiger partial charge in [0.1, 0.15) is 34.2 Å². The summed E-state index contributed by atoms with van der Waals surface area (Å²) in [6, 6.07) is 6.80. The molecule has 3 N–H and O–H groups in total. The van der Waals surface area contributed by atoms with E-state index in [9.17, 15) is 15.3 Å². The number of aliphatic hydroxyl groups is 2. The minimum atomic E-state index is -1.30. The topological polar surface area (TPSA) is 134 Å². The van der Waals surface area contributed by atoms with E-state index in [0.29, 0.717) is 52.7 Å². The molecule has 9 rings (SSSR count). The molecule has 55 heavy (non-hydrogen) atoms. The lowest BCUT2D eigenvalue weighted by molar-refractivity contribution is -0.0813. The fourth-order valence-electron chi connectivity index (χ4n) is 10.7. The predicted octanol–water partition coefficient (Wildman–Crippen LogP) is 5.92. The van der Waals surface area contributed by atoms with Gasteiger partial charge in [-0.05, 0) is 105 Å². The van der Waals surface area contributed by atoms with Gasteiger partial charge in [0.05, 0.1) is 44.5 Å². The number of phenols is 1. The number of benzene rings is 2. The van der Waals surface area contributed by atoms with E-state index in [0.717, 1.165) is 58.3 Å². The average Bonchev–Trinajstić information content (AvgIpc) is 3.80. The van der Waals surface area contributed by atoms with Crippen LogP contribution in [0.2, 0.25) is 0 Å². The van der Waals surface area contributed by atoms with E-state index in [2.05, 4.69) is 9.88 Å². The van der Waals surface area contributed by atoms with Crippen molar-refractivity contribution in [1.82, 2.24) is 19.9 Å². The van der Waals surface area contributed by atoms with Crippen LogP contribution in [0.4, 0.5) is 14.6 Å². The number of anilines is 1. The third-order valence-electron chi connectivity index (χ3n) is 13.3. The highest BCUT2D eigenvalue weighted by molar-refractivity contribution is 6.01. The summed E-state index contributed by atoms with van der Waals surface area (Å²) < 4.78 is 50.6. The Hall–Kier alpha value is -3.75. The van der Waals surface area contributed by atoms with Gasteiger partial charge in [0, 0.05) is 42.4 Å². The Morgan fingerprint density at radius 3 is 2.69 bits per heavy atom. The molecule has 2 unspecified atom stereocenters. The van der Waals surface area contributed by atoms with Gasteiger partial charge in [-0.15, -0.1) is 0 Å². The Bertz CT molecular complexity index is 2100. The van der Waals surface area contributed by atoms with Crippen LogP contribution in [0.3, 0.4) is 0 Å². The molecule has 5 aliphatic rings. The number of rotatable bonds is 8. The van der Waals surface area contributed by atoms with E-state index < -0.39 is 23.3 Å². The molecule has 2 aromatic carbocycles. The Morgan fingerprint density at radius 2 is 1.91 bits per heavy atom. The van der Waals surface area contributed by atoms with Crippen molar-refractivity contribution in [2.45, 2.75) is 95.4 Å². The number of likely N-dealkylation sites (tertiary alicyclic amines) is 1. The number of hydrogen-bond acceptors (Lipinski definition) is 11. The molecule has 11 nitrogen and oxygen atoms in total. The van der Waals surface area contributed by atoms with Crippen molar-refractivity contribution in [3.05, 3.63) is 47.7 Å². The Morgan fingerprint density at radius 1 is 1.07 bits per heavy atom. The Labute approximate surface area is 319 Å². The van der Waals surface area contributed by atoms with Crippen LogP contribution in [-0.4, -0.2) is 112 Å². The number of aliphatic hydroxyl groups excluding tert-OH is 1. The van der Waals surface area contributed by atoms with Gasteiger partial charge in [0.15, 0.2) is 5.82 Å². The van der Waals surface area contributed by atoms with Crippen LogP contribution >= 0.6 is 0 Å². The summed E-state index contributed by atoms with van der Waals surface area (Å²) in [4.78, 5) is 18.7. The minimum Gasteiger partial charge on any atom is -0.508 e. The summed E-state index contributed by atoms with van der Waals surface area (Å²) >= 11 is 0. The first kappa shape index (κ1) is 36.9. The number of aromatic hydroxyl groups is 1. The Kier molecular flexibility index (Phi) is 9.39. The van der Waals surface area contributed by atoms with Crippen molar-refractivity contribution < 1.29 is 38.3 Å². The molecule has 4 aromatic rings. The molecule has 4 atom stereocenters. The van der Waals surface area contributed by atoms with Crippen LogP contribution in [0.15, 0.2) is 30.5 Å². The third-order valence-corrected chi connectivity index (χ3v) is 13.3. The monoisotopic (exact) mass is 759 g/mol. The molecule has 2 aromatic heterocycles. The van der Waals surface area contributed by atoms with Crippen LogP contribution in [0, 0.1) is 22.5 Å². The van der Waals surface area contributed by atoms with E-state index >= 15 is 8.78 Å². The van der Waals surface area contributed by atoms with E-state index in [1.54, 1.807) is 17.9 Å². The Balaban J connectivity index is 1.12. The summed E-state index contributed by atoms with van der Waals surface area (Å²) in [5, 5.41) is 33.4. The molecule has 3 aliphatic heterocycles. The molecule has 0 bridgehead atoms. The van der Waals surface area contributed by atoms with Gasteiger partial charge in [-0.2, -0.15) is 9.97 Å². The maximum atomic E-state index is 17.2. The molecule has 1 spiro atoms. The van der Waals surface area contributed by atoms with Gasteiger partial charge >= 0.3 is 6.01 Å². The standard InChI is InChI=1S/C42H51F2N5O6/c1-3-29-32(43)8-7-25-14-27(51)15-30(34(25)29)36-35(44)37-31(18-45-36)38(48-19-28(20-50)54-22-40(2,52)21-48)47-39(46-37)55-24-42-9-4-6-33(42)49(12-5-10-42)26-16-41(17-26)11-13-53-23-41/h7-8,14-15,18,26,28,33,50-52H,3-6,9-13,16-17,19-24H2,1-2H3/t26?,28-,33?,40+,41?,42?/m1/s1. The number of pyridine rings is 1. The number of β-amino-alcohol motifs (C(OH)–C–C–N with tert-alkyl or cyclic N) is 1. The molecule has 2 aliphatic carbocycles. The number of halogens is 2. The molecule has 2 saturated carbocycles. The molecular formula is C42H51F2N5O6. The first-order valence-corrected chi connectivity index (χ1v) is 20.0. The second kappa shape index (κ2) is 14.0. The van der Waals surface area contributed by atoms with Crippen LogP contribution in [-0.2, 0) is 15.9 Å². The first-order chi connectivity index (χ1) is 26.5. The van der Waals surface area contributed by atoms with Crippen LogP contribution in [0.25, 0.3) is 32.9 Å². The van der Waals surface area contributed by atoms with E-state index in [4.69, 9.17) is 24.2 Å². The van der Waals surface area contributed by atoms with E-state index in [1.807, 2.05) is 6.92 Å². The highest BCUT2D eigenvalue weighted by Crippen LogP contribution is 2.55. The number of hydrogen-bond donors (Lipinski definition) is 3. The van der Waals surface area contributed by atoms with Crippen molar-refractivity contribution in [3.63, 3.8) is 0 Å². The van der Waals surface area contributed by atoms with Crippen LogP contribution in [0.5, 0.6) is 11.8 Å². The zero-order valence-electron chi connectivity index (χ0n) is 31.7. The number of aromatic nitrogens is 3. The lowest BCUT2D eigenvalue weighted by Gasteiger charge is -2.56. The van der Waals surface area contributed by atoms with Gasteiger partial charge in [-0.25, -0.2) is 8.78 Å². The second-order valence-corrected chi connectivity index (χ2v) is 17.2. The van der Waals surface area contributed by atoms with E-state index in [-0.39, 0.29) is 65.6 Å². The zero-order chi connectivity index (χ0) is 38.1. The van der Waals surface area contributed by atoms with E-state index in [1.165, 1.54) is 37.2 Å². The number of fused-ring (bicyclic) bond motifs is 3. The molecule has 5 fully saturated rings. The normalized spacial score (nSPS) is 31.2. The largest absolute Gasteiger partial charge is 0.508 e. The van der Waals surface area contributed by atoms with Gasteiger partial charge in [-0.3, -0.25) is 9.88 Å². The summed E-state index contributed by atoms with van der Waals surface area (Å²) in [6.45, 7) is 6.66. The highest BCUT2D eigenvalue weighted by Gasteiger charge is 2.55. The maximum absolute atomic E-state index is 17.2. The maximum Gasteiger partial charge on any atom is 0.319 e. The van der Waals surface area contributed by atoms with Gasteiger partial charge in [0.25, 0.3) is 0 Å². The fourth-order valence-corrected chi connectivity index (χ4v) is 10.7. The SMILES string of the molecule is CCc1c(F)ccc2cc(O)cc(-c3ncc4c(N5C[C@H](CO)OC[C@@](C)(O)C5)nc(OCC56CCCC5N(C5CC7(CCOC7)C5)CCC6)nc4c3F)c12. The number of phenolic OH excluding ortho intramolecular Hbond substituents is 1.